The van der Waals surface area contributed by atoms with Crippen LogP contribution in [0, 0.1) is 17.3 Å². The molecule has 3 rings (SSSR count). The predicted octanol–water partition coefficient (Wildman–Crippen LogP) is 6.37. The van der Waals surface area contributed by atoms with Crippen LogP contribution < -0.4 is 16.4 Å². The van der Waals surface area contributed by atoms with Crippen LogP contribution in [0.3, 0.4) is 0 Å². The molecule has 2 aromatic rings. The number of aliphatic hydroxyl groups excluding tert-OH is 1. The number of piperidine rings is 1. The summed E-state index contributed by atoms with van der Waals surface area (Å²) < 4.78 is 5.92. The van der Waals surface area contributed by atoms with E-state index in [1.165, 1.54) is 18.3 Å². The third-order valence-corrected chi connectivity index (χ3v) is 12.6. The van der Waals surface area contributed by atoms with Gasteiger partial charge in [-0.1, -0.05) is 78.9 Å². The second kappa shape index (κ2) is 24.4. The third kappa shape index (κ3) is 15.1. The molecule has 0 spiro atoms. The maximum atomic E-state index is 14.9. The number of thiazole rings is 1. The largest absolute Gasteiger partial charge is 0.481 e. The smallest absolute Gasteiger partial charge is 0.309 e. The summed E-state index contributed by atoms with van der Waals surface area (Å²) in [7, 11) is 0. The first-order valence-corrected chi connectivity index (χ1v) is 22.8. The number of carboxylic acids is 1. The Balaban J connectivity index is 1.95. The van der Waals surface area contributed by atoms with Crippen molar-refractivity contribution in [3.05, 3.63) is 45.9 Å². The molecule has 0 bridgehead atoms. The summed E-state index contributed by atoms with van der Waals surface area (Å²) in [6, 6.07) is 5.03. The summed E-state index contributed by atoms with van der Waals surface area (Å²) in [4.78, 5) is 75.9. The highest BCUT2D eigenvalue weighted by Gasteiger charge is 2.39. The molecule has 6 N–H and O–H groups in total. The van der Waals surface area contributed by atoms with Crippen molar-refractivity contribution in [2.45, 2.75) is 156 Å². The van der Waals surface area contributed by atoms with Gasteiger partial charge in [-0.15, -0.1) is 11.3 Å². The third-order valence-electron chi connectivity index (χ3n) is 11.7. The zero-order chi connectivity index (χ0) is 44.6. The first-order chi connectivity index (χ1) is 28.4. The number of aliphatic hydroxyl groups is 1. The van der Waals surface area contributed by atoms with Crippen LogP contribution >= 0.6 is 11.3 Å². The van der Waals surface area contributed by atoms with E-state index in [1.54, 1.807) is 31.4 Å². The number of nitrogen functional groups attached to an aromatic ring is 1. The number of likely N-dealkylation sites (tertiary alicyclic amines) is 1. The first-order valence-electron chi connectivity index (χ1n) is 21.9. The molecule has 1 aromatic heterocycles. The van der Waals surface area contributed by atoms with Crippen LogP contribution in [-0.2, 0) is 30.3 Å². The number of β-amino-alcohol motifs (C(OH)–C–C–N with tert-alkyl or cyclic N) is 1. The molecule has 3 amide bonds. The van der Waals surface area contributed by atoms with Gasteiger partial charge in [0.05, 0.1) is 18.1 Å². The van der Waals surface area contributed by atoms with Crippen LogP contribution in [0.25, 0.3) is 0 Å². The van der Waals surface area contributed by atoms with E-state index >= 15 is 0 Å². The van der Waals surface area contributed by atoms with Crippen molar-refractivity contribution in [3.8, 4) is 0 Å². The molecule has 1 aliphatic heterocycles. The quantitative estimate of drug-likeness (QED) is 0.0422. The van der Waals surface area contributed by atoms with Gasteiger partial charge >= 0.3 is 11.9 Å². The van der Waals surface area contributed by atoms with Gasteiger partial charge in [0, 0.05) is 49.6 Å². The predicted molar refractivity (Wildman–Crippen MR) is 235 cm³/mol. The molecule has 1 aliphatic rings. The standard InChI is InChI=1S/C45H72N6O8S/c1-9-11-12-14-22-51(43(56)39(30(5)10-2)49-41(55)36-16-13-15-21-50(36)23-24-52)37(29(3)4)26-38(59-31(6)53)42-48-35(28-60-42)40(54)47-34(27-45(7,8)44(57)58)25-32-17-19-33(46)20-18-32/h17-20,28-30,34,36-39,52H,9-16,21-27,46H2,1-8H3,(H,47,54)(H,49,55)(H,57,58)/t30-,34-,36+,37+,38+,39-/m0/s1. The number of nitrogens with two attached hydrogens (primary N) is 1. The van der Waals surface area contributed by atoms with Crippen molar-refractivity contribution in [2.24, 2.45) is 17.3 Å². The maximum Gasteiger partial charge on any atom is 0.309 e. The van der Waals surface area contributed by atoms with Gasteiger partial charge < -0.3 is 36.2 Å². The minimum absolute atomic E-state index is 0.0515. The molecule has 0 saturated carbocycles. The van der Waals surface area contributed by atoms with E-state index in [9.17, 15) is 34.2 Å². The van der Waals surface area contributed by atoms with E-state index < -0.39 is 53.5 Å². The average molecular weight is 857 g/mol. The Morgan fingerprint density at radius 2 is 1.75 bits per heavy atom. The monoisotopic (exact) mass is 857 g/mol. The molecule has 1 aromatic carbocycles. The molecule has 1 fully saturated rings. The van der Waals surface area contributed by atoms with Gasteiger partial charge in [-0.2, -0.15) is 0 Å². The number of aliphatic carboxylic acids is 1. The Kier molecular flexibility index (Phi) is 20.4. The van der Waals surface area contributed by atoms with Gasteiger partial charge in [0.25, 0.3) is 5.91 Å². The van der Waals surface area contributed by atoms with Crippen molar-refractivity contribution < 1.29 is 38.9 Å². The van der Waals surface area contributed by atoms with Gasteiger partial charge in [0.2, 0.25) is 11.8 Å². The van der Waals surface area contributed by atoms with E-state index in [0.29, 0.717) is 49.6 Å². The summed E-state index contributed by atoms with van der Waals surface area (Å²) in [5.74, 6) is -2.65. The van der Waals surface area contributed by atoms with Crippen LogP contribution in [0.1, 0.15) is 147 Å². The number of hydrogen-bond donors (Lipinski definition) is 5. The van der Waals surface area contributed by atoms with Crippen LogP contribution in [0.5, 0.6) is 0 Å². The van der Waals surface area contributed by atoms with E-state index in [4.69, 9.17) is 10.5 Å². The van der Waals surface area contributed by atoms with Gasteiger partial charge in [0.1, 0.15) is 16.7 Å². The second-order valence-corrected chi connectivity index (χ2v) is 18.4. The van der Waals surface area contributed by atoms with Gasteiger partial charge in [-0.3, -0.25) is 28.9 Å². The van der Waals surface area contributed by atoms with Crippen LogP contribution in [0.15, 0.2) is 29.6 Å². The van der Waals surface area contributed by atoms with Crippen molar-refractivity contribution in [1.29, 1.82) is 0 Å². The number of carbonyl (C=O) groups is 5. The summed E-state index contributed by atoms with van der Waals surface area (Å²) in [6.45, 7) is 16.2. The molecule has 14 nitrogen and oxygen atoms in total. The second-order valence-electron chi connectivity index (χ2n) is 17.5. The number of rotatable bonds is 25. The molecule has 0 radical (unpaired) electrons. The van der Waals surface area contributed by atoms with Gasteiger partial charge in [0.15, 0.2) is 6.10 Å². The number of nitrogens with zero attached hydrogens (tertiary/aromatic N) is 3. The SMILES string of the molecule is CCCCCCN(C(=O)[C@@H](NC(=O)[C@H]1CCCCN1CCO)[C@@H](C)CC)[C@H](C[C@@H](OC(C)=O)c1nc(C(=O)N[C@@H](Cc2ccc(N)cc2)CC(C)(C)C(=O)O)cs1)C(C)C. The van der Waals surface area contributed by atoms with Crippen LogP contribution in [0.4, 0.5) is 5.69 Å². The summed E-state index contributed by atoms with van der Waals surface area (Å²) in [6.07, 6.45) is 6.73. The highest BCUT2D eigenvalue weighted by molar-refractivity contribution is 7.09. The molecule has 1 saturated heterocycles. The zero-order valence-corrected chi connectivity index (χ0v) is 38.0. The summed E-state index contributed by atoms with van der Waals surface area (Å²) >= 11 is 1.18. The lowest BCUT2D eigenvalue weighted by molar-refractivity contribution is -0.150. The Labute approximate surface area is 361 Å². The molecule has 0 unspecified atom stereocenters. The number of carboxylic acid groups (broad SMARTS) is 1. The van der Waals surface area contributed by atoms with Crippen LogP contribution in [0.2, 0.25) is 0 Å². The average Bonchev–Trinajstić information content (AvgIpc) is 3.70. The number of benzene rings is 1. The number of anilines is 1. The molecule has 0 aliphatic carbocycles. The number of carbonyl (C=O) groups excluding carboxylic acids is 4. The maximum absolute atomic E-state index is 14.9. The normalized spacial score (nSPS) is 17.3. The van der Waals surface area contributed by atoms with E-state index in [2.05, 4.69) is 22.5 Å². The molecule has 336 valence electrons. The van der Waals surface area contributed by atoms with Gasteiger partial charge in [-0.05, 0) is 82.0 Å². The minimum atomic E-state index is -1.13. The topological polar surface area (TPSA) is 204 Å². The fourth-order valence-corrected chi connectivity index (χ4v) is 8.78. The molecular weight excluding hydrogens is 785 g/mol. The fourth-order valence-electron chi connectivity index (χ4n) is 7.94. The lowest BCUT2D eigenvalue weighted by atomic mass is 9.84. The Morgan fingerprint density at radius 3 is 2.35 bits per heavy atom. The van der Waals surface area contributed by atoms with Crippen LogP contribution in [-0.4, -0.2) is 105 Å². The number of esters is 1. The lowest BCUT2D eigenvalue weighted by Crippen LogP contribution is -2.59. The Hall–Kier alpha value is -4.08. The highest BCUT2D eigenvalue weighted by Crippen LogP contribution is 2.32. The van der Waals surface area contributed by atoms with E-state index in [1.807, 2.05) is 49.6 Å². The number of ether oxygens (including phenoxy) is 1. The number of nitrogens with one attached hydrogen (secondary N) is 2. The van der Waals surface area contributed by atoms with E-state index in [-0.39, 0.29) is 48.8 Å². The molecular formula is C45H72N6O8S. The molecule has 60 heavy (non-hydrogen) atoms. The lowest BCUT2D eigenvalue weighted by Gasteiger charge is -2.40. The molecule has 6 atom stereocenters. The molecule has 15 heteroatoms. The van der Waals surface area contributed by atoms with Crippen molar-refractivity contribution in [3.63, 3.8) is 0 Å². The number of unbranched alkanes of at least 4 members (excludes halogenated alkanes) is 3. The van der Waals surface area contributed by atoms with Gasteiger partial charge in [-0.25, -0.2) is 4.98 Å². The number of amides is 3. The Bertz CT molecular complexity index is 1680. The summed E-state index contributed by atoms with van der Waals surface area (Å²) in [5, 5.41) is 27.7. The van der Waals surface area contributed by atoms with Crippen molar-refractivity contribution in [2.75, 3.05) is 32.0 Å². The van der Waals surface area contributed by atoms with E-state index in [0.717, 1.165) is 44.1 Å². The summed E-state index contributed by atoms with van der Waals surface area (Å²) in [5.41, 5.74) is 6.33. The fraction of sp³-hybridized carbons (Fsp3) is 0.689. The minimum Gasteiger partial charge on any atom is -0.481 e. The number of aromatic nitrogens is 1. The number of hydrogen-bond acceptors (Lipinski definition) is 11. The van der Waals surface area contributed by atoms with Crippen molar-refractivity contribution in [1.82, 2.24) is 25.4 Å². The molecule has 2 heterocycles. The zero-order valence-electron chi connectivity index (χ0n) is 37.2. The Morgan fingerprint density at radius 1 is 1.05 bits per heavy atom. The highest BCUT2D eigenvalue weighted by atomic mass is 32.1. The van der Waals surface area contributed by atoms with Crippen molar-refractivity contribution >= 4 is 46.7 Å². The first kappa shape index (κ1) is 50.3.